The van der Waals surface area contributed by atoms with Gasteiger partial charge < -0.3 is 19.2 Å². The van der Waals surface area contributed by atoms with Crippen molar-refractivity contribution in [2.24, 2.45) is 5.92 Å². The highest BCUT2D eigenvalue weighted by Gasteiger charge is 2.59. The lowest BCUT2D eigenvalue weighted by Gasteiger charge is -2.43. The molecule has 0 aromatic heterocycles. The van der Waals surface area contributed by atoms with Gasteiger partial charge in [-0.15, -0.1) is 0 Å². The van der Waals surface area contributed by atoms with Gasteiger partial charge in [-0.3, -0.25) is 0 Å². The second-order valence-electron chi connectivity index (χ2n) is 9.17. The van der Waals surface area contributed by atoms with Crippen LogP contribution in [0.25, 0.3) is 0 Å². The topological polar surface area (TPSA) is 73.9 Å². The summed E-state index contributed by atoms with van der Waals surface area (Å²) in [5, 5.41) is 2.99. The molecule has 3 unspecified atom stereocenters. The minimum absolute atomic E-state index is 0.0172. The van der Waals surface area contributed by atoms with Gasteiger partial charge in [-0.25, -0.2) is 9.59 Å². The summed E-state index contributed by atoms with van der Waals surface area (Å²) in [7, 11) is -0.918. The van der Waals surface area contributed by atoms with Crippen molar-refractivity contribution in [2.45, 2.75) is 64.1 Å². The number of nitrogens with one attached hydrogen (secondary N) is 1. The number of carbonyl (C=O) groups excluding carboxylic acids is 2. The third-order valence-electron chi connectivity index (χ3n) is 6.08. The summed E-state index contributed by atoms with van der Waals surface area (Å²) >= 11 is 0. The Morgan fingerprint density at radius 2 is 1.86 bits per heavy atom. The number of methoxy groups -OCH3 is 1. The molecule has 1 aromatic carbocycles. The molecule has 160 valence electrons. The van der Waals surface area contributed by atoms with Crippen LogP contribution in [0.3, 0.4) is 0 Å². The molecule has 2 rings (SSSR count). The quantitative estimate of drug-likeness (QED) is 0.414. The van der Waals surface area contributed by atoms with Crippen molar-refractivity contribution in [3.63, 3.8) is 0 Å². The Balaban J connectivity index is 2.36. The maximum absolute atomic E-state index is 13.0. The Morgan fingerprint density at radius 1 is 1.24 bits per heavy atom. The molecule has 6 nitrogen and oxygen atoms in total. The number of benzene rings is 1. The largest absolute Gasteiger partial charge is 0.467 e. The first-order chi connectivity index (χ1) is 13.5. The third kappa shape index (κ3) is 4.81. The minimum Gasteiger partial charge on any atom is -0.467 e. The predicted molar refractivity (Wildman–Crippen MR) is 114 cm³/mol. The number of hydrogen-bond donors (Lipinski definition) is 1. The Labute approximate surface area is 174 Å². The van der Waals surface area contributed by atoms with Crippen LogP contribution in [-0.2, 0) is 30.1 Å². The van der Waals surface area contributed by atoms with E-state index in [1.165, 1.54) is 7.11 Å². The molecule has 7 heteroatoms. The maximum atomic E-state index is 13.0. The number of ether oxygens (including phenoxy) is 2. The lowest BCUT2D eigenvalue weighted by Crippen LogP contribution is -2.62. The summed E-state index contributed by atoms with van der Waals surface area (Å²) in [6.07, 6.45) is -0.594. The zero-order valence-electron chi connectivity index (χ0n) is 18.5. The van der Waals surface area contributed by atoms with Gasteiger partial charge in [-0.05, 0) is 23.7 Å². The van der Waals surface area contributed by atoms with E-state index in [0.29, 0.717) is 12.3 Å². The van der Waals surface area contributed by atoms with E-state index in [1.807, 2.05) is 43.2 Å². The summed E-state index contributed by atoms with van der Waals surface area (Å²) in [6.45, 7) is 12.9. The molecule has 1 fully saturated rings. The van der Waals surface area contributed by atoms with Crippen LogP contribution in [0.15, 0.2) is 36.0 Å². The van der Waals surface area contributed by atoms with Crippen molar-refractivity contribution in [1.29, 1.82) is 0 Å². The fraction of sp³-hybridized carbons (Fsp3) is 0.591. The molecule has 0 aliphatic carbocycles. The van der Waals surface area contributed by atoms with Gasteiger partial charge in [0.05, 0.1) is 26.4 Å². The lowest BCUT2D eigenvalue weighted by atomic mass is 9.90. The Bertz CT molecular complexity index is 767. The number of hydrogen-bond acceptors (Lipinski definition) is 6. The van der Waals surface area contributed by atoms with E-state index in [1.54, 1.807) is 0 Å². The SMILES string of the molecule is COC(=O)C1(COCc2ccccc2)NC(=C=O)C(C)C1O[Si](C)(C)C(C)(C)C. The summed E-state index contributed by atoms with van der Waals surface area (Å²) in [5.74, 6) is 1.10. The van der Waals surface area contributed by atoms with Crippen molar-refractivity contribution >= 4 is 20.2 Å². The van der Waals surface area contributed by atoms with Gasteiger partial charge in [0, 0.05) is 5.92 Å². The first-order valence-electron chi connectivity index (χ1n) is 9.89. The summed E-state index contributed by atoms with van der Waals surface area (Å²) in [6, 6.07) is 9.71. The Kier molecular flexibility index (Phi) is 7.12. The molecule has 1 aliphatic rings. The summed E-state index contributed by atoms with van der Waals surface area (Å²) < 4.78 is 17.7. The fourth-order valence-corrected chi connectivity index (χ4v) is 4.64. The third-order valence-corrected chi connectivity index (χ3v) is 10.5. The summed E-state index contributed by atoms with van der Waals surface area (Å²) in [5.41, 5.74) is -0.000387. The van der Waals surface area contributed by atoms with Gasteiger partial charge >= 0.3 is 5.97 Å². The molecule has 1 heterocycles. The van der Waals surface area contributed by atoms with Crippen molar-refractivity contribution in [3.05, 3.63) is 41.6 Å². The standard InChI is InChI=1S/C22H33NO5Si/c1-16-18(13-24)23-22(20(25)26-5,15-27-14-17-11-9-8-10-12-17)19(16)28-29(6,7)21(2,3)4/h8-12,16,19,23H,14-15H2,1-7H3. The second-order valence-corrected chi connectivity index (χ2v) is 13.9. The maximum Gasteiger partial charge on any atom is 0.336 e. The molecule has 0 radical (unpaired) electrons. The molecule has 1 saturated heterocycles. The molecule has 29 heavy (non-hydrogen) atoms. The predicted octanol–water partition coefficient (Wildman–Crippen LogP) is 3.46. The van der Waals surface area contributed by atoms with E-state index in [2.05, 4.69) is 39.2 Å². The van der Waals surface area contributed by atoms with Crippen LogP contribution in [0.5, 0.6) is 0 Å². The van der Waals surface area contributed by atoms with Crippen LogP contribution in [0.2, 0.25) is 18.1 Å². The van der Waals surface area contributed by atoms with E-state index >= 15 is 0 Å². The molecular formula is C22H33NO5Si. The van der Waals surface area contributed by atoms with Crippen LogP contribution in [0.4, 0.5) is 0 Å². The molecule has 3 atom stereocenters. The van der Waals surface area contributed by atoms with E-state index in [-0.39, 0.29) is 17.6 Å². The van der Waals surface area contributed by atoms with Gasteiger partial charge in [-0.1, -0.05) is 58.0 Å². The Morgan fingerprint density at radius 3 is 2.38 bits per heavy atom. The first kappa shape index (κ1) is 23.4. The van der Waals surface area contributed by atoms with Crippen LogP contribution in [-0.4, -0.2) is 45.6 Å². The molecule has 0 bridgehead atoms. The normalized spacial score (nSPS) is 24.7. The average Bonchev–Trinajstić information content (AvgIpc) is 2.93. The lowest BCUT2D eigenvalue weighted by molar-refractivity contribution is -0.156. The second kappa shape index (κ2) is 8.84. The molecule has 0 amide bonds. The van der Waals surface area contributed by atoms with Crippen molar-refractivity contribution in [1.82, 2.24) is 5.32 Å². The zero-order chi connectivity index (χ0) is 21.9. The van der Waals surface area contributed by atoms with Crippen molar-refractivity contribution in [2.75, 3.05) is 13.7 Å². The molecular weight excluding hydrogens is 386 g/mol. The van der Waals surface area contributed by atoms with Crippen LogP contribution >= 0.6 is 0 Å². The monoisotopic (exact) mass is 419 g/mol. The van der Waals surface area contributed by atoms with Gasteiger partial charge in [0.15, 0.2) is 13.9 Å². The number of rotatable bonds is 7. The van der Waals surface area contributed by atoms with Gasteiger partial charge in [0.2, 0.25) is 0 Å². The minimum atomic E-state index is -2.25. The summed E-state index contributed by atoms with van der Waals surface area (Å²) in [4.78, 5) is 24.5. The van der Waals surface area contributed by atoms with E-state index in [0.717, 1.165) is 5.56 Å². The molecule has 1 aromatic rings. The average molecular weight is 420 g/mol. The smallest absolute Gasteiger partial charge is 0.336 e. The van der Waals surface area contributed by atoms with Gasteiger partial charge in [0.25, 0.3) is 0 Å². The highest BCUT2D eigenvalue weighted by atomic mass is 28.4. The number of esters is 1. The van der Waals surface area contributed by atoms with Crippen LogP contribution < -0.4 is 5.32 Å². The van der Waals surface area contributed by atoms with Crippen molar-refractivity contribution in [3.8, 4) is 0 Å². The van der Waals surface area contributed by atoms with Crippen LogP contribution in [0.1, 0.15) is 33.3 Å². The molecule has 0 saturated carbocycles. The van der Waals surface area contributed by atoms with E-state index < -0.39 is 25.9 Å². The van der Waals surface area contributed by atoms with E-state index in [9.17, 15) is 9.59 Å². The molecule has 1 N–H and O–H groups in total. The highest BCUT2D eigenvalue weighted by Crippen LogP contribution is 2.43. The van der Waals surface area contributed by atoms with Gasteiger partial charge in [0.1, 0.15) is 11.6 Å². The zero-order valence-corrected chi connectivity index (χ0v) is 19.5. The highest BCUT2D eigenvalue weighted by molar-refractivity contribution is 6.74. The Hall–Kier alpha value is -1.92. The van der Waals surface area contributed by atoms with Gasteiger partial charge in [-0.2, -0.15) is 0 Å². The molecule has 0 spiro atoms. The van der Waals surface area contributed by atoms with Crippen LogP contribution in [0, 0.1) is 5.92 Å². The number of carbonyl (C=O) groups is 1. The first-order valence-corrected chi connectivity index (χ1v) is 12.8. The van der Waals surface area contributed by atoms with Crippen molar-refractivity contribution < 1.29 is 23.5 Å². The molecule has 1 aliphatic heterocycles. The van der Waals surface area contributed by atoms with E-state index in [4.69, 9.17) is 13.9 Å². The fourth-order valence-electron chi connectivity index (χ4n) is 3.25.